The van der Waals surface area contributed by atoms with Gasteiger partial charge >= 0.3 is 0 Å². The van der Waals surface area contributed by atoms with Crippen molar-refractivity contribution in [1.29, 1.82) is 16.1 Å². The van der Waals surface area contributed by atoms with Gasteiger partial charge in [-0.3, -0.25) is 30.1 Å². The molecule has 0 bridgehead atoms. The number of allylic oxidation sites excluding steroid dienone is 1. The van der Waals surface area contributed by atoms with Crippen LogP contribution in [0, 0.1) is 29.1 Å². The van der Waals surface area contributed by atoms with Gasteiger partial charge in [0.25, 0.3) is 0 Å². The van der Waals surface area contributed by atoms with Gasteiger partial charge in [0.05, 0.1) is 47.4 Å². The number of alkyl halides is 1. The molecule has 1 amide bonds. The Morgan fingerprint density at radius 2 is 2.13 bits per heavy atom. The maximum atomic E-state index is 10.6. The highest BCUT2D eigenvalue weighted by atomic mass is 35.5. The van der Waals surface area contributed by atoms with E-state index in [-0.39, 0.29) is 17.0 Å². The lowest BCUT2D eigenvalue weighted by Gasteiger charge is -2.27. The molecule has 4 aromatic rings. The molecule has 1 aliphatic rings. The van der Waals surface area contributed by atoms with E-state index in [0.717, 1.165) is 50.2 Å². The zero-order chi connectivity index (χ0) is 28.1. The molecule has 0 fully saturated rings. The van der Waals surface area contributed by atoms with Gasteiger partial charge in [-0.2, -0.15) is 20.6 Å². The molecular weight excluding hydrogens is 518 g/mol. The number of rotatable bonds is 8. The summed E-state index contributed by atoms with van der Waals surface area (Å²) in [5.74, 6) is -0.0974. The van der Waals surface area contributed by atoms with Crippen molar-refractivity contribution in [3.8, 4) is 17.3 Å². The first-order valence-corrected chi connectivity index (χ1v) is 12.5. The lowest BCUT2D eigenvalue weighted by Crippen LogP contribution is -2.33. The average molecular weight is 546 g/mol. The summed E-state index contributed by atoms with van der Waals surface area (Å²) in [6.07, 6.45) is 7.10. The second kappa shape index (κ2) is 11.8. The molecule has 0 radical (unpaired) electrons. The van der Waals surface area contributed by atoms with Crippen molar-refractivity contribution in [2.75, 3.05) is 6.54 Å². The number of hydrogen-bond acceptors (Lipinski definition) is 8. The molecule has 0 saturated heterocycles. The van der Waals surface area contributed by atoms with Crippen LogP contribution in [0.2, 0.25) is 0 Å². The van der Waals surface area contributed by atoms with Gasteiger partial charge in [0.15, 0.2) is 0 Å². The third-order valence-electron chi connectivity index (χ3n) is 6.59. The van der Waals surface area contributed by atoms with Crippen LogP contribution in [-0.4, -0.2) is 60.0 Å². The van der Waals surface area contributed by atoms with Crippen LogP contribution in [0.5, 0.6) is 0 Å². The van der Waals surface area contributed by atoms with Crippen molar-refractivity contribution in [3.05, 3.63) is 58.7 Å². The molecule has 1 aromatic carbocycles. The van der Waals surface area contributed by atoms with E-state index in [9.17, 15) is 4.79 Å². The first-order valence-electron chi connectivity index (χ1n) is 12.1. The maximum absolute atomic E-state index is 10.6. The van der Waals surface area contributed by atoms with Crippen molar-refractivity contribution in [2.24, 2.45) is 7.05 Å². The van der Waals surface area contributed by atoms with Gasteiger partial charge in [-0.15, -0.1) is 11.6 Å². The van der Waals surface area contributed by atoms with Crippen molar-refractivity contribution >= 4 is 46.9 Å². The van der Waals surface area contributed by atoms with Gasteiger partial charge in [0, 0.05) is 47.3 Å². The number of halogens is 1. The summed E-state index contributed by atoms with van der Waals surface area (Å²) in [7, 11) is 1.93. The number of fused-ring (bicyclic) bond motifs is 2. The van der Waals surface area contributed by atoms with Crippen molar-refractivity contribution in [3.63, 3.8) is 0 Å². The molecule has 13 heteroatoms. The summed E-state index contributed by atoms with van der Waals surface area (Å²) >= 11 is 7.02. The molecule has 0 saturated carbocycles. The fourth-order valence-corrected chi connectivity index (χ4v) is 5.01. The van der Waals surface area contributed by atoms with Crippen LogP contribution < -0.4 is 10.9 Å². The van der Waals surface area contributed by atoms with Gasteiger partial charge in [0.1, 0.15) is 11.8 Å². The monoisotopic (exact) mass is 545 g/mol. The minimum atomic E-state index is -0.310. The molecular formula is C26H28ClN11O. The standard InChI is InChI=1S/C23H25ClN8O.C3H3N3/c1-13-8-18-17(11-26-29-18)21(22(13)24)20-14(2)32(7-6-25-27-12-33)30-23(20)15-4-5-19-16(9-15)10-28-31(19)3;4-1-3(6)2-5/h4-5,8-12,21-22,25H,6-7H2,1-3H3,(H,26,29)(H,27,33);1,4,6H. The number of nitrogens with zero attached hydrogens (tertiary/aromatic N) is 6. The van der Waals surface area contributed by atoms with Gasteiger partial charge < -0.3 is 5.41 Å². The Balaban J connectivity index is 0.000000531. The number of benzene rings is 1. The van der Waals surface area contributed by atoms with E-state index in [4.69, 9.17) is 32.8 Å². The Labute approximate surface area is 229 Å². The van der Waals surface area contributed by atoms with Crippen LogP contribution in [-0.2, 0) is 18.4 Å². The number of carbonyl (C=O) groups excluding carboxylic acids is 1. The maximum Gasteiger partial charge on any atom is 0.221 e. The zero-order valence-electron chi connectivity index (χ0n) is 21.7. The number of hydrogen-bond donors (Lipinski definition) is 5. The van der Waals surface area contributed by atoms with E-state index in [1.54, 1.807) is 0 Å². The number of aromatic nitrogens is 6. The minimum absolute atomic E-state index is 0.0974. The Morgan fingerprint density at radius 1 is 1.33 bits per heavy atom. The minimum Gasteiger partial charge on any atom is -0.306 e. The number of aromatic amines is 1. The highest BCUT2D eigenvalue weighted by Crippen LogP contribution is 2.45. The number of hydrazine groups is 1. The molecule has 5 N–H and O–H groups in total. The number of nitriles is 1. The molecule has 0 aliphatic heterocycles. The summed E-state index contributed by atoms with van der Waals surface area (Å²) in [6, 6.07) is 7.72. The Morgan fingerprint density at radius 3 is 2.82 bits per heavy atom. The van der Waals surface area contributed by atoms with Gasteiger partial charge in [-0.25, -0.2) is 5.43 Å². The van der Waals surface area contributed by atoms with Crippen molar-refractivity contribution in [2.45, 2.75) is 31.7 Å². The van der Waals surface area contributed by atoms with E-state index < -0.39 is 0 Å². The Bertz CT molecular complexity index is 1600. The molecule has 12 nitrogen and oxygen atoms in total. The molecule has 2 unspecified atom stereocenters. The highest BCUT2D eigenvalue weighted by molar-refractivity contribution is 6.35. The van der Waals surface area contributed by atoms with Crippen LogP contribution in [0.3, 0.4) is 0 Å². The van der Waals surface area contributed by atoms with E-state index >= 15 is 0 Å². The SMILES string of the molecule is CC1=Cc2[nH]ncc2C(c2c(-c3ccc4c(cnn4C)c3)nn(CCNNC=O)c2C)C1Cl.N#CC(=N)C=N. The Hall–Kier alpha value is -4.60. The largest absolute Gasteiger partial charge is 0.306 e. The summed E-state index contributed by atoms with van der Waals surface area (Å²) in [6.45, 7) is 5.23. The first-order chi connectivity index (χ1) is 18.8. The molecule has 39 heavy (non-hydrogen) atoms. The van der Waals surface area contributed by atoms with Crippen LogP contribution in [0.15, 0.2) is 36.2 Å². The number of carbonyl (C=O) groups is 1. The normalized spacial score (nSPS) is 15.9. The fraction of sp³-hybridized carbons (Fsp3) is 0.269. The van der Waals surface area contributed by atoms with E-state index in [1.165, 1.54) is 6.07 Å². The molecule has 3 heterocycles. The zero-order valence-corrected chi connectivity index (χ0v) is 22.4. The molecule has 1 aliphatic carbocycles. The van der Waals surface area contributed by atoms with Crippen LogP contribution in [0.4, 0.5) is 0 Å². The summed E-state index contributed by atoms with van der Waals surface area (Å²) < 4.78 is 3.83. The molecule has 5 rings (SSSR count). The third kappa shape index (κ3) is 5.50. The molecule has 3 aromatic heterocycles. The lowest BCUT2D eigenvalue weighted by molar-refractivity contribution is -0.110. The first kappa shape index (κ1) is 27.4. The van der Waals surface area contributed by atoms with E-state index in [2.05, 4.69) is 57.3 Å². The van der Waals surface area contributed by atoms with Crippen LogP contribution >= 0.6 is 11.6 Å². The molecule has 0 spiro atoms. The Kier molecular flexibility index (Phi) is 8.33. The van der Waals surface area contributed by atoms with Gasteiger partial charge in [-0.05, 0) is 32.1 Å². The summed E-state index contributed by atoms with van der Waals surface area (Å²) in [5, 5.41) is 37.9. The smallest absolute Gasteiger partial charge is 0.221 e. The predicted octanol–water partition coefficient (Wildman–Crippen LogP) is 3.05. The lowest BCUT2D eigenvalue weighted by atomic mass is 9.80. The van der Waals surface area contributed by atoms with Gasteiger partial charge in [0.2, 0.25) is 6.41 Å². The van der Waals surface area contributed by atoms with E-state index in [1.807, 2.05) is 35.7 Å². The van der Waals surface area contributed by atoms with Crippen molar-refractivity contribution < 1.29 is 4.79 Å². The third-order valence-corrected chi connectivity index (χ3v) is 7.19. The van der Waals surface area contributed by atoms with Crippen LogP contribution in [0.25, 0.3) is 28.2 Å². The number of H-pyrrole nitrogens is 1. The fourth-order valence-electron chi connectivity index (χ4n) is 4.68. The second-order valence-corrected chi connectivity index (χ2v) is 9.45. The van der Waals surface area contributed by atoms with Crippen molar-refractivity contribution in [1.82, 2.24) is 40.6 Å². The number of aryl methyl sites for hydroxylation is 1. The van der Waals surface area contributed by atoms with E-state index in [0.29, 0.717) is 25.7 Å². The molecule has 2 atom stereocenters. The van der Waals surface area contributed by atoms with Crippen LogP contribution in [0.1, 0.15) is 35.4 Å². The topological polar surface area (TPSA) is 177 Å². The second-order valence-electron chi connectivity index (χ2n) is 8.98. The highest BCUT2D eigenvalue weighted by Gasteiger charge is 2.36. The van der Waals surface area contributed by atoms with Gasteiger partial charge in [-0.1, -0.05) is 11.6 Å². The summed E-state index contributed by atoms with van der Waals surface area (Å²) in [4.78, 5) is 10.6. The number of nitrogens with one attached hydrogen (secondary N) is 5. The molecule has 200 valence electrons. The predicted molar refractivity (Wildman–Crippen MR) is 150 cm³/mol. The summed E-state index contributed by atoms with van der Waals surface area (Å²) in [5.41, 5.74) is 13.2. The quantitative estimate of drug-likeness (QED) is 0.0746. The number of amides is 1. The average Bonchev–Trinajstić information content (AvgIpc) is 3.65.